The van der Waals surface area contributed by atoms with Crippen LogP contribution in [0.4, 0.5) is 0 Å². The molecule has 0 aliphatic heterocycles. The summed E-state index contributed by atoms with van der Waals surface area (Å²) in [5.74, 6) is 0. The van der Waals surface area contributed by atoms with E-state index in [1.54, 1.807) is 22.3 Å². The maximum atomic E-state index is 2.79. The van der Waals surface area contributed by atoms with Gasteiger partial charge in [0.1, 0.15) is 0 Å². The number of hydrogen-bond acceptors (Lipinski definition) is 0. The van der Waals surface area contributed by atoms with Crippen LogP contribution in [0.2, 0.25) is 6.25 Å². The van der Waals surface area contributed by atoms with Gasteiger partial charge in [0.15, 0.2) is 0 Å². The first-order chi connectivity index (χ1) is 15.1. The molecule has 0 heterocycles. The number of rotatable bonds is 2. The van der Waals surface area contributed by atoms with Crippen LogP contribution >= 0.6 is 0 Å². The first kappa shape index (κ1) is 37.4. The fraction of sp³-hybridized carbons (Fsp3) is 0.765. The molecule has 0 aromatic heterocycles. The van der Waals surface area contributed by atoms with Crippen molar-refractivity contribution in [1.82, 2.24) is 0 Å². The Labute approximate surface area is 256 Å². The van der Waals surface area contributed by atoms with Gasteiger partial charge in [0.25, 0.3) is 0 Å². The van der Waals surface area contributed by atoms with Crippen LogP contribution in [0.25, 0.3) is 0 Å². The van der Waals surface area contributed by atoms with Crippen LogP contribution in [0.5, 0.6) is 0 Å². The van der Waals surface area contributed by atoms with Gasteiger partial charge >= 0.3 is 233 Å². The molecule has 2 aliphatic rings. The molecule has 0 aromatic carbocycles. The molecule has 0 aromatic rings. The summed E-state index contributed by atoms with van der Waals surface area (Å²) in [5.41, 5.74) is 7.35. The zero-order valence-corrected chi connectivity index (χ0v) is 31.5. The Kier molecular flexibility index (Phi) is 10.8. The first-order valence-electron chi connectivity index (χ1n) is 13.8. The summed E-state index contributed by atoms with van der Waals surface area (Å²) in [6.07, 6.45) is 10.8. The zero-order valence-electron chi connectivity index (χ0n) is 27.6. The molecule has 0 saturated carbocycles. The second-order valence-corrected chi connectivity index (χ2v) is 22.0. The van der Waals surface area contributed by atoms with Crippen molar-refractivity contribution in [1.29, 1.82) is 0 Å². The van der Waals surface area contributed by atoms with Crippen LogP contribution < -0.4 is 24.8 Å². The Morgan fingerprint density at radius 1 is 0.432 bits per heavy atom. The molecular formula is C34H58Cl2Zr. The third-order valence-corrected chi connectivity index (χ3v) is 16.0. The average molecular weight is 629 g/mol. The van der Waals surface area contributed by atoms with E-state index < -0.39 is 23.2 Å². The number of allylic oxidation sites excluding steroid dienone is 8. The average Bonchev–Trinajstić information content (AvgIpc) is 3.13. The molecule has 0 bridgehead atoms. The third kappa shape index (κ3) is 7.02. The first-order valence-corrected chi connectivity index (χ1v) is 16.3. The summed E-state index contributed by atoms with van der Waals surface area (Å²) in [6, 6.07) is 0. The Bertz CT molecular complexity index is 884. The Morgan fingerprint density at radius 2 is 0.676 bits per heavy atom. The summed E-state index contributed by atoms with van der Waals surface area (Å²) < 4.78 is 0.275. The molecule has 0 amide bonds. The molecule has 0 nitrogen and oxygen atoms in total. The normalized spacial score (nSPS) is 25.4. The second kappa shape index (κ2) is 10.7. The quantitative estimate of drug-likeness (QED) is 0.384. The predicted molar refractivity (Wildman–Crippen MR) is 154 cm³/mol. The second-order valence-electron chi connectivity index (χ2n) is 17.6. The minimum absolute atomic E-state index is 0. The van der Waals surface area contributed by atoms with E-state index in [2.05, 4.69) is 149 Å². The van der Waals surface area contributed by atoms with E-state index in [1.165, 1.54) is 0 Å². The van der Waals surface area contributed by atoms with Crippen LogP contribution in [0.15, 0.2) is 46.6 Å². The van der Waals surface area contributed by atoms with Crippen molar-refractivity contribution in [3.8, 4) is 0 Å². The summed E-state index contributed by atoms with van der Waals surface area (Å²) >= 11 is -1.20. The van der Waals surface area contributed by atoms with Crippen LogP contribution in [0, 0.1) is 32.5 Å². The Hall–Kier alpha value is 0.423. The van der Waals surface area contributed by atoms with Gasteiger partial charge in [-0.3, -0.25) is 0 Å². The van der Waals surface area contributed by atoms with E-state index in [1.807, 2.05) is 0 Å². The van der Waals surface area contributed by atoms with Crippen LogP contribution in [0.1, 0.15) is 125 Å². The van der Waals surface area contributed by atoms with Gasteiger partial charge < -0.3 is 24.8 Å². The summed E-state index contributed by atoms with van der Waals surface area (Å²) in [6.45, 7) is 44.2. The van der Waals surface area contributed by atoms with Gasteiger partial charge in [-0.05, 0) is 0 Å². The van der Waals surface area contributed by atoms with E-state index in [0.29, 0.717) is 0 Å². The smallest absolute Gasteiger partial charge is 1.00 e. The molecule has 2 rings (SSSR count). The van der Waals surface area contributed by atoms with E-state index in [4.69, 9.17) is 0 Å². The van der Waals surface area contributed by atoms with Crippen molar-refractivity contribution in [2.75, 3.05) is 0 Å². The molecular weight excluding hydrogens is 571 g/mol. The van der Waals surface area contributed by atoms with Crippen molar-refractivity contribution >= 4 is 0 Å². The van der Waals surface area contributed by atoms with Gasteiger partial charge in [0.2, 0.25) is 0 Å². The number of hydrogen-bond donors (Lipinski definition) is 0. The molecule has 3 heteroatoms. The molecule has 0 spiro atoms. The third-order valence-electron chi connectivity index (χ3n) is 8.30. The van der Waals surface area contributed by atoms with Crippen LogP contribution in [0.3, 0.4) is 0 Å². The Balaban J connectivity index is 0.00000648. The van der Waals surface area contributed by atoms with Crippen molar-refractivity contribution in [2.24, 2.45) is 32.5 Å². The minimum atomic E-state index is -1.20. The van der Waals surface area contributed by atoms with Gasteiger partial charge in [-0.1, -0.05) is 0 Å². The maximum absolute atomic E-state index is 2.79. The van der Waals surface area contributed by atoms with E-state index in [-0.39, 0.29) is 63.5 Å². The van der Waals surface area contributed by atoms with Gasteiger partial charge in [-0.15, -0.1) is 0 Å². The molecule has 0 radical (unpaired) electrons. The van der Waals surface area contributed by atoms with Gasteiger partial charge in [0.05, 0.1) is 0 Å². The fourth-order valence-corrected chi connectivity index (χ4v) is 13.2. The van der Waals surface area contributed by atoms with Crippen molar-refractivity contribution in [3.63, 3.8) is 0 Å². The number of halogens is 2. The van der Waals surface area contributed by atoms with E-state index >= 15 is 0 Å². The minimum Gasteiger partial charge on any atom is -1.00 e. The molecule has 2 atom stereocenters. The molecule has 0 N–H and O–H groups in total. The summed E-state index contributed by atoms with van der Waals surface area (Å²) in [7, 11) is 0. The molecule has 212 valence electrons. The topological polar surface area (TPSA) is 0 Å². The van der Waals surface area contributed by atoms with E-state index in [0.717, 1.165) is 0 Å². The van der Waals surface area contributed by atoms with Gasteiger partial charge in [-0.2, -0.15) is 0 Å². The van der Waals surface area contributed by atoms with Crippen molar-refractivity contribution in [3.05, 3.63) is 46.6 Å². The fourth-order valence-electron chi connectivity index (χ4n) is 5.86. The molecule has 0 saturated heterocycles. The molecule has 2 unspecified atom stereocenters. The Morgan fingerprint density at radius 3 is 0.838 bits per heavy atom. The van der Waals surface area contributed by atoms with Crippen LogP contribution in [-0.2, 0) is 23.2 Å². The van der Waals surface area contributed by atoms with E-state index in [9.17, 15) is 0 Å². The maximum Gasteiger partial charge on any atom is -1.00 e. The largest absolute Gasteiger partial charge is 1.00 e. The van der Waals surface area contributed by atoms with Crippen molar-refractivity contribution < 1.29 is 48.0 Å². The summed E-state index contributed by atoms with van der Waals surface area (Å²) in [4.78, 5) is 0. The molecule has 0 fully saturated rings. The summed E-state index contributed by atoms with van der Waals surface area (Å²) in [5, 5.41) is 0. The zero-order chi connectivity index (χ0) is 27.8. The van der Waals surface area contributed by atoms with Crippen LogP contribution in [-0.4, -0.2) is 0 Å². The molecule has 37 heavy (non-hydrogen) atoms. The molecule has 2 aliphatic carbocycles. The SMILES string of the molecule is CC(C)(C)C1=C[C]([Zr+2][C]2(C(C)(C)C)C=C(C(C)(C)C)C=C2C(C)(C)C)(C(C)(C)C)C(C(C)(C)C)=C1.[Cl-].[Cl-]. The van der Waals surface area contributed by atoms with Crippen molar-refractivity contribution in [2.45, 2.75) is 131 Å². The predicted octanol–water partition coefficient (Wildman–Crippen LogP) is 5.40. The van der Waals surface area contributed by atoms with Gasteiger partial charge in [0, 0.05) is 0 Å². The standard InChI is InChI=1S/2C17H29.2ClH.Zr/c2*1-15(2,3)12-10-13(16(4,5)6)14(11-12)17(7,8)9;;;/h2*10-11H,1-9H3;2*1H;/q;;;;+2/p-2. The van der Waals surface area contributed by atoms with Gasteiger partial charge in [-0.25, -0.2) is 0 Å². The monoisotopic (exact) mass is 626 g/mol.